The number of aromatic nitrogens is 2. The molecular formula is C11H18N2O2. The molecule has 0 bridgehead atoms. The molecule has 0 aliphatic carbocycles. The Morgan fingerprint density at radius 1 is 1.40 bits per heavy atom. The molecule has 0 radical (unpaired) electrons. The smallest absolute Gasteiger partial charge is 0.331 e. The second-order valence-electron chi connectivity index (χ2n) is 4.17. The van der Waals surface area contributed by atoms with Crippen LogP contribution in [0.25, 0.3) is 0 Å². The summed E-state index contributed by atoms with van der Waals surface area (Å²) in [6.45, 7) is 3.49. The Morgan fingerprint density at radius 3 is 2.87 bits per heavy atom. The molecule has 0 saturated carbocycles. The Bertz CT molecular complexity index is 403. The minimum absolute atomic E-state index is 0.0318. The molecule has 1 aliphatic heterocycles. The fraction of sp³-hybridized carbons (Fsp3) is 0.727. The standard InChI is InChI=1S/C11H18N2O2/c1-2-3-7-13-10(14)9-6-4-5-8-12(9)11(13)15/h14H,2-8H2,1H3. The molecule has 0 fully saturated rings. The van der Waals surface area contributed by atoms with Crippen LogP contribution in [-0.4, -0.2) is 14.2 Å². The Hall–Kier alpha value is -1.19. The Kier molecular flexibility index (Phi) is 2.84. The van der Waals surface area contributed by atoms with Crippen LogP contribution in [0.2, 0.25) is 0 Å². The molecule has 2 heterocycles. The average molecular weight is 210 g/mol. The molecule has 84 valence electrons. The van der Waals surface area contributed by atoms with Crippen LogP contribution >= 0.6 is 0 Å². The van der Waals surface area contributed by atoms with E-state index < -0.39 is 0 Å². The fourth-order valence-corrected chi connectivity index (χ4v) is 2.19. The predicted molar refractivity (Wildman–Crippen MR) is 58.2 cm³/mol. The summed E-state index contributed by atoms with van der Waals surface area (Å²) in [6, 6.07) is 0. The monoisotopic (exact) mass is 210 g/mol. The number of rotatable bonds is 3. The van der Waals surface area contributed by atoms with Crippen molar-refractivity contribution in [2.24, 2.45) is 0 Å². The largest absolute Gasteiger partial charge is 0.493 e. The van der Waals surface area contributed by atoms with E-state index in [-0.39, 0.29) is 11.6 Å². The van der Waals surface area contributed by atoms with Gasteiger partial charge in [-0.25, -0.2) is 4.79 Å². The quantitative estimate of drug-likeness (QED) is 0.821. The molecule has 4 nitrogen and oxygen atoms in total. The van der Waals surface area contributed by atoms with E-state index in [9.17, 15) is 9.90 Å². The number of nitrogens with zero attached hydrogens (tertiary/aromatic N) is 2. The molecule has 1 aromatic heterocycles. The molecular weight excluding hydrogens is 192 g/mol. The molecule has 0 saturated heterocycles. The third-order valence-corrected chi connectivity index (χ3v) is 3.08. The summed E-state index contributed by atoms with van der Waals surface area (Å²) in [5, 5.41) is 9.92. The lowest BCUT2D eigenvalue weighted by Gasteiger charge is -2.11. The number of unbranched alkanes of at least 4 members (excludes halogenated alkanes) is 1. The lowest BCUT2D eigenvalue weighted by atomic mass is 10.1. The van der Waals surface area contributed by atoms with E-state index in [2.05, 4.69) is 6.92 Å². The van der Waals surface area contributed by atoms with Gasteiger partial charge in [-0.1, -0.05) is 13.3 Å². The van der Waals surface area contributed by atoms with E-state index >= 15 is 0 Å². The predicted octanol–water partition coefficient (Wildman–Crippen LogP) is 1.49. The molecule has 4 heteroatoms. The molecule has 2 rings (SSSR count). The number of imidazole rings is 1. The van der Waals surface area contributed by atoms with Gasteiger partial charge < -0.3 is 5.11 Å². The third kappa shape index (κ3) is 1.68. The van der Waals surface area contributed by atoms with Gasteiger partial charge in [-0.15, -0.1) is 0 Å². The minimum Gasteiger partial charge on any atom is -0.493 e. The summed E-state index contributed by atoms with van der Waals surface area (Å²) in [5.74, 6) is 0.202. The van der Waals surface area contributed by atoms with Gasteiger partial charge in [0, 0.05) is 13.1 Å². The number of aromatic hydroxyl groups is 1. The highest BCUT2D eigenvalue weighted by molar-refractivity contribution is 5.21. The van der Waals surface area contributed by atoms with Gasteiger partial charge >= 0.3 is 5.69 Å². The van der Waals surface area contributed by atoms with E-state index in [0.29, 0.717) is 6.54 Å². The SMILES string of the molecule is CCCCn1c(O)c2n(c1=O)CCCC2. The average Bonchev–Trinajstić information content (AvgIpc) is 2.51. The first-order valence-electron chi connectivity index (χ1n) is 5.77. The van der Waals surface area contributed by atoms with Gasteiger partial charge in [0.05, 0.1) is 5.69 Å². The van der Waals surface area contributed by atoms with Gasteiger partial charge in [-0.3, -0.25) is 9.13 Å². The van der Waals surface area contributed by atoms with Crippen LogP contribution in [-0.2, 0) is 19.5 Å². The fourth-order valence-electron chi connectivity index (χ4n) is 2.19. The van der Waals surface area contributed by atoms with Gasteiger partial charge in [0.1, 0.15) is 0 Å². The zero-order valence-electron chi connectivity index (χ0n) is 9.20. The number of hydrogen-bond acceptors (Lipinski definition) is 2. The summed E-state index contributed by atoms with van der Waals surface area (Å²) >= 11 is 0. The molecule has 1 aliphatic rings. The van der Waals surface area contributed by atoms with Crippen molar-refractivity contribution in [2.45, 2.75) is 52.1 Å². The highest BCUT2D eigenvalue weighted by atomic mass is 16.3. The first-order chi connectivity index (χ1) is 7.25. The van der Waals surface area contributed by atoms with Crippen molar-refractivity contribution in [3.05, 3.63) is 16.2 Å². The third-order valence-electron chi connectivity index (χ3n) is 3.08. The maximum atomic E-state index is 11.9. The lowest BCUT2D eigenvalue weighted by molar-refractivity contribution is 0.401. The topological polar surface area (TPSA) is 47.2 Å². The van der Waals surface area contributed by atoms with Gasteiger partial charge in [0.15, 0.2) is 0 Å². The maximum Gasteiger partial charge on any atom is 0.331 e. The van der Waals surface area contributed by atoms with Gasteiger partial charge in [0.2, 0.25) is 5.88 Å². The summed E-state index contributed by atoms with van der Waals surface area (Å²) in [5.41, 5.74) is 0.804. The van der Waals surface area contributed by atoms with E-state index in [1.807, 2.05) is 0 Å². The minimum atomic E-state index is -0.0318. The van der Waals surface area contributed by atoms with Crippen LogP contribution in [0.5, 0.6) is 5.88 Å². The summed E-state index contributed by atoms with van der Waals surface area (Å²) < 4.78 is 3.25. The molecule has 1 aromatic rings. The first kappa shape index (κ1) is 10.3. The molecule has 0 spiro atoms. The van der Waals surface area contributed by atoms with Crippen LogP contribution in [0, 0.1) is 0 Å². The Labute approximate surface area is 89.1 Å². The summed E-state index contributed by atoms with van der Waals surface area (Å²) in [7, 11) is 0. The van der Waals surface area contributed by atoms with Crippen molar-refractivity contribution in [3.63, 3.8) is 0 Å². The van der Waals surface area contributed by atoms with Gasteiger partial charge in [-0.2, -0.15) is 0 Å². The second kappa shape index (κ2) is 4.13. The number of hydrogen-bond donors (Lipinski definition) is 1. The van der Waals surface area contributed by atoms with Crippen LogP contribution in [0.15, 0.2) is 4.79 Å². The molecule has 0 aromatic carbocycles. The van der Waals surface area contributed by atoms with E-state index in [0.717, 1.165) is 44.3 Å². The Balaban J connectivity index is 2.38. The molecule has 0 unspecified atom stereocenters. The normalized spacial score (nSPS) is 15.3. The number of fused-ring (bicyclic) bond motifs is 1. The highest BCUT2D eigenvalue weighted by Crippen LogP contribution is 2.22. The molecule has 0 amide bonds. The second-order valence-corrected chi connectivity index (χ2v) is 4.17. The van der Waals surface area contributed by atoms with Crippen LogP contribution in [0.3, 0.4) is 0 Å². The molecule has 0 atom stereocenters. The van der Waals surface area contributed by atoms with Gasteiger partial charge in [-0.05, 0) is 25.7 Å². The zero-order chi connectivity index (χ0) is 10.8. The highest BCUT2D eigenvalue weighted by Gasteiger charge is 2.20. The van der Waals surface area contributed by atoms with Crippen molar-refractivity contribution < 1.29 is 5.11 Å². The lowest BCUT2D eigenvalue weighted by Crippen LogP contribution is -2.26. The van der Waals surface area contributed by atoms with Crippen molar-refractivity contribution in [1.29, 1.82) is 0 Å². The summed E-state index contributed by atoms with van der Waals surface area (Å²) in [4.78, 5) is 11.9. The van der Waals surface area contributed by atoms with Crippen molar-refractivity contribution >= 4 is 0 Å². The van der Waals surface area contributed by atoms with Gasteiger partial charge in [0.25, 0.3) is 0 Å². The Morgan fingerprint density at radius 2 is 2.20 bits per heavy atom. The van der Waals surface area contributed by atoms with Crippen molar-refractivity contribution in [1.82, 2.24) is 9.13 Å². The summed E-state index contributed by atoms with van der Waals surface area (Å²) in [6.07, 6.45) is 4.93. The zero-order valence-corrected chi connectivity index (χ0v) is 9.20. The van der Waals surface area contributed by atoms with Crippen molar-refractivity contribution in [3.8, 4) is 5.88 Å². The molecule has 1 N–H and O–H groups in total. The van der Waals surface area contributed by atoms with E-state index in [4.69, 9.17) is 0 Å². The van der Waals surface area contributed by atoms with Crippen molar-refractivity contribution in [2.75, 3.05) is 0 Å². The van der Waals surface area contributed by atoms with E-state index in [1.54, 1.807) is 4.57 Å². The molecule has 15 heavy (non-hydrogen) atoms. The van der Waals surface area contributed by atoms with Crippen LogP contribution < -0.4 is 5.69 Å². The van der Waals surface area contributed by atoms with Crippen LogP contribution in [0.4, 0.5) is 0 Å². The van der Waals surface area contributed by atoms with Crippen LogP contribution in [0.1, 0.15) is 38.3 Å². The maximum absolute atomic E-state index is 11.9. The van der Waals surface area contributed by atoms with E-state index in [1.165, 1.54) is 4.57 Å². The first-order valence-corrected chi connectivity index (χ1v) is 5.77.